The van der Waals surface area contributed by atoms with E-state index in [4.69, 9.17) is 10.2 Å². The van der Waals surface area contributed by atoms with Crippen LogP contribution >= 0.6 is 0 Å². The van der Waals surface area contributed by atoms with Crippen molar-refractivity contribution in [2.24, 2.45) is 0 Å². The first-order valence-electron chi connectivity index (χ1n) is 9.66. The lowest BCUT2D eigenvalue weighted by molar-refractivity contribution is -0.137. The summed E-state index contributed by atoms with van der Waals surface area (Å²) in [5, 5.41) is 13.7. The third-order valence-corrected chi connectivity index (χ3v) is 4.79. The van der Waals surface area contributed by atoms with Crippen LogP contribution < -0.4 is 0 Å². The molecule has 1 aromatic carbocycles. The highest BCUT2D eigenvalue weighted by molar-refractivity contribution is 5.66. The van der Waals surface area contributed by atoms with Gasteiger partial charge in [0.15, 0.2) is 0 Å². The summed E-state index contributed by atoms with van der Waals surface area (Å²) in [4.78, 5) is 15.0. The molecule has 0 amide bonds. The summed E-state index contributed by atoms with van der Waals surface area (Å²) in [5.41, 5.74) is 5.31. The Labute approximate surface area is 166 Å². The molecule has 0 bridgehead atoms. The second kappa shape index (κ2) is 8.38. The van der Waals surface area contributed by atoms with Gasteiger partial charge in [-0.05, 0) is 60.6 Å². The highest BCUT2D eigenvalue weighted by Crippen LogP contribution is 2.26. The largest absolute Gasteiger partial charge is 0.481 e. The molecule has 0 radical (unpaired) electrons. The van der Waals surface area contributed by atoms with Crippen molar-refractivity contribution in [2.45, 2.75) is 51.9 Å². The molecule has 0 saturated heterocycles. The van der Waals surface area contributed by atoms with E-state index in [9.17, 15) is 4.79 Å². The zero-order valence-corrected chi connectivity index (χ0v) is 16.7. The zero-order chi connectivity index (χ0) is 20.1. The Morgan fingerprint density at radius 2 is 1.86 bits per heavy atom. The van der Waals surface area contributed by atoms with Crippen LogP contribution in [0, 0.1) is 0 Å². The second-order valence-corrected chi connectivity index (χ2v) is 8.07. The number of hydrogen-bond donors (Lipinski definition) is 1. The van der Waals surface area contributed by atoms with Crippen LogP contribution in [0.2, 0.25) is 0 Å². The van der Waals surface area contributed by atoms with Gasteiger partial charge in [-0.25, -0.2) is 4.68 Å². The smallest absolute Gasteiger partial charge is 0.303 e. The molecule has 2 aromatic heterocycles. The predicted octanol–water partition coefficient (Wildman–Crippen LogP) is 5.03. The molecule has 5 nitrogen and oxygen atoms in total. The number of aryl methyl sites for hydroxylation is 1. The Hall–Kier alpha value is -2.95. The fourth-order valence-corrected chi connectivity index (χ4v) is 3.16. The van der Waals surface area contributed by atoms with Crippen LogP contribution in [-0.2, 0) is 16.6 Å². The molecule has 0 aliphatic heterocycles. The van der Waals surface area contributed by atoms with E-state index in [-0.39, 0.29) is 11.8 Å². The molecule has 146 valence electrons. The Balaban J connectivity index is 1.91. The average Bonchev–Trinajstić information content (AvgIpc) is 3.09. The van der Waals surface area contributed by atoms with Crippen molar-refractivity contribution in [1.82, 2.24) is 14.8 Å². The first-order valence-corrected chi connectivity index (χ1v) is 9.66. The van der Waals surface area contributed by atoms with Crippen LogP contribution in [-0.4, -0.2) is 25.8 Å². The lowest BCUT2D eigenvalue weighted by Crippen LogP contribution is -2.11. The van der Waals surface area contributed by atoms with Gasteiger partial charge in [0.2, 0.25) is 0 Å². The molecular weight excluding hydrogens is 350 g/mol. The maximum atomic E-state index is 10.8. The molecule has 2 heterocycles. The van der Waals surface area contributed by atoms with E-state index in [0.717, 1.165) is 35.5 Å². The Kier molecular flexibility index (Phi) is 5.93. The zero-order valence-electron chi connectivity index (χ0n) is 16.7. The summed E-state index contributed by atoms with van der Waals surface area (Å²) >= 11 is 0. The van der Waals surface area contributed by atoms with Crippen LogP contribution in [0.25, 0.3) is 16.9 Å². The summed E-state index contributed by atoms with van der Waals surface area (Å²) in [6.45, 7) is 6.60. The van der Waals surface area contributed by atoms with Crippen LogP contribution in [0.4, 0.5) is 0 Å². The maximum absolute atomic E-state index is 10.8. The topological polar surface area (TPSA) is 68.0 Å². The van der Waals surface area contributed by atoms with Crippen molar-refractivity contribution in [3.63, 3.8) is 0 Å². The number of rotatable bonds is 7. The van der Waals surface area contributed by atoms with E-state index < -0.39 is 5.97 Å². The van der Waals surface area contributed by atoms with Crippen LogP contribution in [0.15, 0.2) is 54.9 Å². The van der Waals surface area contributed by atoms with Gasteiger partial charge in [0, 0.05) is 30.1 Å². The fraction of sp³-hybridized carbons (Fsp3) is 0.348. The number of carbonyl (C=O) groups is 1. The van der Waals surface area contributed by atoms with E-state index in [1.54, 1.807) is 6.20 Å². The predicted molar refractivity (Wildman–Crippen MR) is 111 cm³/mol. The number of pyridine rings is 1. The molecule has 0 atom stereocenters. The van der Waals surface area contributed by atoms with Gasteiger partial charge >= 0.3 is 5.97 Å². The lowest BCUT2D eigenvalue weighted by Gasteiger charge is -2.19. The van der Waals surface area contributed by atoms with Crippen LogP contribution in [0.1, 0.15) is 51.3 Å². The van der Waals surface area contributed by atoms with Gasteiger partial charge in [-0.2, -0.15) is 5.10 Å². The van der Waals surface area contributed by atoms with E-state index >= 15 is 0 Å². The standard InChI is InChI=1S/C23H27N3O2/c1-23(2,3)18-10-12-19(13-11-18)26-20(8-4-5-9-22(27)28)15-21(25-26)17-7-6-14-24-16-17/h6-7,10-16H,4-5,8-9H2,1-3H3,(H,27,28). The number of aliphatic carboxylic acids is 1. The molecule has 28 heavy (non-hydrogen) atoms. The molecule has 0 aliphatic rings. The number of nitrogens with zero attached hydrogens (tertiary/aromatic N) is 3. The first kappa shape index (κ1) is 19.8. The minimum Gasteiger partial charge on any atom is -0.481 e. The van der Waals surface area contributed by atoms with Crippen molar-refractivity contribution in [3.05, 3.63) is 66.1 Å². The Bertz CT molecular complexity index is 923. The molecule has 0 aliphatic carbocycles. The fourth-order valence-electron chi connectivity index (χ4n) is 3.16. The highest BCUT2D eigenvalue weighted by atomic mass is 16.4. The molecule has 0 fully saturated rings. The van der Waals surface area contributed by atoms with Gasteiger partial charge in [-0.15, -0.1) is 0 Å². The molecule has 0 unspecified atom stereocenters. The van der Waals surface area contributed by atoms with Crippen LogP contribution in [0.3, 0.4) is 0 Å². The highest BCUT2D eigenvalue weighted by Gasteiger charge is 2.15. The molecule has 3 aromatic rings. The number of hydrogen-bond acceptors (Lipinski definition) is 3. The minimum atomic E-state index is -0.748. The molecular formula is C23H27N3O2. The third-order valence-electron chi connectivity index (χ3n) is 4.79. The summed E-state index contributed by atoms with van der Waals surface area (Å²) in [6.07, 6.45) is 6.00. The maximum Gasteiger partial charge on any atom is 0.303 e. The van der Waals surface area contributed by atoms with E-state index in [2.05, 4.69) is 56.1 Å². The Morgan fingerprint density at radius 1 is 1.11 bits per heavy atom. The SMILES string of the molecule is CC(C)(C)c1ccc(-n2nc(-c3cccnc3)cc2CCCCC(=O)O)cc1. The van der Waals surface area contributed by atoms with Gasteiger partial charge in [-0.3, -0.25) is 9.78 Å². The van der Waals surface area contributed by atoms with Crippen molar-refractivity contribution in [3.8, 4) is 16.9 Å². The summed E-state index contributed by atoms with van der Waals surface area (Å²) in [7, 11) is 0. The molecule has 0 saturated carbocycles. The summed E-state index contributed by atoms with van der Waals surface area (Å²) in [5.74, 6) is -0.748. The Morgan fingerprint density at radius 3 is 2.46 bits per heavy atom. The van der Waals surface area contributed by atoms with Gasteiger partial charge in [0.1, 0.15) is 0 Å². The minimum absolute atomic E-state index is 0.100. The van der Waals surface area contributed by atoms with Crippen molar-refractivity contribution >= 4 is 5.97 Å². The number of carboxylic acid groups (broad SMARTS) is 1. The van der Waals surface area contributed by atoms with E-state index in [0.29, 0.717) is 6.42 Å². The average molecular weight is 377 g/mol. The quantitative estimate of drug-likeness (QED) is 0.586. The van der Waals surface area contributed by atoms with E-state index in [1.807, 2.05) is 23.0 Å². The lowest BCUT2D eigenvalue weighted by atomic mass is 9.87. The van der Waals surface area contributed by atoms with Crippen LogP contribution in [0.5, 0.6) is 0 Å². The van der Waals surface area contributed by atoms with Crippen molar-refractivity contribution in [2.75, 3.05) is 0 Å². The number of unbranched alkanes of at least 4 members (excludes halogenated alkanes) is 1. The molecule has 1 N–H and O–H groups in total. The number of carboxylic acids is 1. The van der Waals surface area contributed by atoms with Gasteiger partial charge < -0.3 is 5.11 Å². The van der Waals surface area contributed by atoms with Crippen molar-refractivity contribution in [1.29, 1.82) is 0 Å². The monoisotopic (exact) mass is 377 g/mol. The van der Waals surface area contributed by atoms with E-state index in [1.165, 1.54) is 5.56 Å². The normalized spacial score (nSPS) is 11.5. The third kappa shape index (κ3) is 4.85. The van der Waals surface area contributed by atoms with Gasteiger partial charge in [0.25, 0.3) is 0 Å². The van der Waals surface area contributed by atoms with Gasteiger partial charge in [0.05, 0.1) is 11.4 Å². The first-order chi connectivity index (χ1) is 13.3. The van der Waals surface area contributed by atoms with Gasteiger partial charge in [-0.1, -0.05) is 32.9 Å². The molecule has 0 spiro atoms. The molecule has 5 heteroatoms. The second-order valence-electron chi connectivity index (χ2n) is 8.07. The number of benzene rings is 1. The summed E-state index contributed by atoms with van der Waals surface area (Å²) in [6, 6.07) is 14.5. The number of aromatic nitrogens is 3. The molecule has 3 rings (SSSR count). The van der Waals surface area contributed by atoms with Crippen molar-refractivity contribution < 1.29 is 9.90 Å². The summed E-state index contributed by atoms with van der Waals surface area (Å²) < 4.78 is 1.97.